The van der Waals surface area contributed by atoms with Crippen LogP contribution in [0.3, 0.4) is 0 Å². The van der Waals surface area contributed by atoms with Gasteiger partial charge in [-0.2, -0.15) is 0 Å². The van der Waals surface area contributed by atoms with Crippen molar-refractivity contribution in [2.24, 2.45) is 0 Å². The SMILES string of the molecule is COCCOc1cc(CC(=O)N2C=CC(=O)CC2c2ccc(F)cc2)c(Br)cc1OC. The van der Waals surface area contributed by atoms with Gasteiger partial charge in [0, 0.05) is 24.2 Å². The summed E-state index contributed by atoms with van der Waals surface area (Å²) in [7, 11) is 3.12. The van der Waals surface area contributed by atoms with E-state index >= 15 is 0 Å². The lowest BCUT2D eigenvalue weighted by Gasteiger charge is -2.31. The molecule has 0 aliphatic carbocycles. The molecular formula is C23H23BrFNO5. The number of carbonyl (C=O) groups is 2. The van der Waals surface area contributed by atoms with Gasteiger partial charge in [-0.25, -0.2) is 4.39 Å². The van der Waals surface area contributed by atoms with Gasteiger partial charge in [-0.05, 0) is 41.5 Å². The summed E-state index contributed by atoms with van der Waals surface area (Å²) in [5, 5.41) is 0. The van der Waals surface area contributed by atoms with Crippen molar-refractivity contribution < 1.29 is 28.2 Å². The molecule has 1 unspecified atom stereocenters. The van der Waals surface area contributed by atoms with E-state index in [0.29, 0.717) is 40.3 Å². The molecule has 1 amide bonds. The van der Waals surface area contributed by atoms with Gasteiger partial charge < -0.3 is 19.1 Å². The van der Waals surface area contributed by atoms with Crippen LogP contribution >= 0.6 is 15.9 Å². The number of methoxy groups -OCH3 is 2. The Labute approximate surface area is 188 Å². The van der Waals surface area contributed by atoms with Gasteiger partial charge in [0.2, 0.25) is 5.91 Å². The molecule has 1 heterocycles. The first-order chi connectivity index (χ1) is 14.9. The highest BCUT2D eigenvalue weighted by molar-refractivity contribution is 9.10. The Balaban J connectivity index is 1.84. The zero-order valence-corrected chi connectivity index (χ0v) is 18.9. The van der Waals surface area contributed by atoms with E-state index in [-0.39, 0.29) is 30.3 Å². The molecule has 3 rings (SSSR count). The van der Waals surface area contributed by atoms with Crippen molar-refractivity contribution in [2.45, 2.75) is 18.9 Å². The maximum Gasteiger partial charge on any atom is 0.231 e. The number of rotatable bonds is 8. The fourth-order valence-electron chi connectivity index (χ4n) is 3.32. The molecule has 0 radical (unpaired) electrons. The first-order valence-electron chi connectivity index (χ1n) is 9.68. The molecule has 0 N–H and O–H groups in total. The molecule has 0 aromatic heterocycles. The van der Waals surface area contributed by atoms with E-state index in [2.05, 4.69) is 15.9 Å². The molecule has 6 nitrogen and oxygen atoms in total. The summed E-state index contributed by atoms with van der Waals surface area (Å²) in [4.78, 5) is 26.7. The second kappa shape index (κ2) is 10.5. The van der Waals surface area contributed by atoms with Crippen LogP contribution in [0.5, 0.6) is 11.5 Å². The van der Waals surface area contributed by atoms with Crippen LogP contribution in [0.2, 0.25) is 0 Å². The summed E-state index contributed by atoms with van der Waals surface area (Å²) in [6.45, 7) is 0.755. The molecule has 8 heteroatoms. The summed E-state index contributed by atoms with van der Waals surface area (Å²) in [5.41, 5.74) is 1.41. The highest BCUT2D eigenvalue weighted by Crippen LogP contribution is 2.35. The van der Waals surface area contributed by atoms with Gasteiger partial charge in [0.05, 0.1) is 26.2 Å². The number of nitrogens with zero attached hydrogens (tertiary/aromatic N) is 1. The summed E-state index contributed by atoms with van der Waals surface area (Å²) in [6, 6.07) is 8.85. The normalized spacial score (nSPS) is 15.8. The lowest BCUT2D eigenvalue weighted by atomic mass is 9.96. The third-order valence-electron chi connectivity index (χ3n) is 4.91. The number of amides is 1. The number of carbonyl (C=O) groups excluding carboxylic acids is 2. The number of allylic oxidation sites excluding steroid dienone is 1. The Morgan fingerprint density at radius 3 is 2.58 bits per heavy atom. The highest BCUT2D eigenvalue weighted by atomic mass is 79.9. The maximum atomic E-state index is 13.3. The van der Waals surface area contributed by atoms with Crippen molar-refractivity contribution in [3.63, 3.8) is 0 Å². The largest absolute Gasteiger partial charge is 0.493 e. The molecule has 0 saturated heterocycles. The second-order valence-corrected chi connectivity index (χ2v) is 7.82. The fourth-order valence-corrected chi connectivity index (χ4v) is 3.78. The zero-order valence-electron chi connectivity index (χ0n) is 17.3. The van der Waals surface area contributed by atoms with Gasteiger partial charge in [-0.1, -0.05) is 28.1 Å². The fraction of sp³-hybridized carbons (Fsp3) is 0.304. The van der Waals surface area contributed by atoms with E-state index in [9.17, 15) is 14.0 Å². The molecular weight excluding hydrogens is 469 g/mol. The Kier molecular flexibility index (Phi) is 7.81. The summed E-state index contributed by atoms with van der Waals surface area (Å²) >= 11 is 3.49. The highest BCUT2D eigenvalue weighted by Gasteiger charge is 2.29. The van der Waals surface area contributed by atoms with Crippen molar-refractivity contribution >= 4 is 27.6 Å². The van der Waals surface area contributed by atoms with Crippen molar-refractivity contribution in [1.29, 1.82) is 0 Å². The molecule has 0 saturated carbocycles. The lowest BCUT2D eigenvalue weighted by molar-refractivity contribution is -0.131. The monoisotopic (exact) mass is 491 g/mol. The third kappa shape index (κ3) is 5.71. The minimum absolute atomic E-state index is 0.0709. The lowest BCUT2D eigenvalue weighted by Crippen LogP contribution is -2.35. The first kappa shape index (κ1) is 23.0. The maximum absolute atomic E-state index is 13.3. The van der Waals surface area contributed by atoms with Crippen molar-refractivity contribution in [1.82, 2.24) is 4.90 Å². The standard InChI is InChI=1S/C23H23BrFNO5/c1-29-9-10-31-22-11-16(19(24)14-21(22)30-2)12-23(28)26-8-7-18(27)13-20(26)15-3-5-17(25)6-4-15/h3-8,11,14,20H,9-10,12-13H2,1-2H3. The Hall–Kier alpha value is -2.71. The van der Waals surface area contributed by atoms with Gasteiger partial charge >= 0.3 is 0 Å². The third-order valence-corrected chi connectivity index (χ3v) is 5.65. The number of benzene rings is 2. The Bertz CT molecular complexity index is 977. The molecule has 2 aromatic carbocycles. The van der Waals surface area contributed by atoms with Crippen LogP contribution in [0.4, 0.5) is 4.39 Å². The van der Waals surface area contributed by atoms with E-state index < -0.39 is 6.04 Å². The van der Waals surface area contributed by atoms with Crippen LogP contribution in [0.15, 0.2) is 53.1 Å². The number of ether oxygens (including phenoxy) is 3. The van der Waals surface area contributed by atoms with Crippen LogP contribution in [0.1, 0.15) is 23.6 Å². The summed E-state index contributed by atoms with van der Waals surface area (Å²) in [6.07, 6.45) is 3.10. The van der Waals surface area contributed by atoms with E-state index in [4.69, 9.17) is 14.2 Å². The predicted octanol–water partition coefficient (Wildman–Crippen LogP) is 4.22. The van der Waals surface area contributed by atoms with Crippen molar-refractivity contribution in [2.75, 3.05) is 27.4 Å². The topological polar surface area (TPSA) is 65.1 Å². The number of hydrogen-bond donors (Lipinski definition) is 0. The minimum atomic E-state index is -0.486. The molecule has 31 heavy (non-hydrogen) atoms. The molecule has 2 aromatic rings. The van der Waals surface area contributed by atoms with Crippen LogP contribution in [0, 0.1) is 5.82 Å². The van der Waals surface area contributed by atoms with Crippen LogP contribution < -0.4 is 9.47 Å². The summed E-state index contributed by atoms with van der Waals surface area (Å²) in [5.74, 6) is 0.379. The van der Waals surface area contributed by atoms with Crippen molar-refractivity contribution in [3.8, 4) is 11.5 Å². The first-order valence-corrected chi connectivity index (χ1v) is 10.5. The molecule has 1 aliphatic heterocycles. The van der Waals surface area contributed by atoms with Crippen LogP contribution in [-0.4, -0.2) is 44.0 Å². The number of halogens is 2. The van der Waals surface area contributed by atoms with E-state index in [0.717, 1.165) is 0 Å². The smallest absolute Gasteiger partial charge is 0.231 e. The van der Waals surface area contributed by atoms with Gasteiger partial charge in [0.1, 0.15) is 12.4 Å². The Morgan fingerprint density at radius 1 is 1.16 bits per heavy atom. The predicted molar refractivity (Wildman–Crippen MR) is 117 cm³/mol. The van der Waals surface area contributed by atoms with E-state index in [1.807, 2.05) is 0 Å². The molecule has 1 aliphatic rings. The molecule has 1 atom stereocenters. The zero-order chi connectivity index (χ0) is 22.4. The van der Waals surface area contributed by atoms with Crippen LogP contribution in [-0.2, 0) is 20.7 Å². The summed E-state index contributed by atoms with van der Waals surface area (Å²) < 4.78 is 30.1. The minimum Gasteiger partial charge on any atom is -0.493 e. The van der Waals surface area contributed by atoms with E-state index in [1.54, 1.807) is 38.5 Å². The van der Waals surface area contributed by atoms with E-state index in [1.165, 1.54) is 29.3 Å². The molecule has 0 spiro atoms. The van der Waals surface area contributed by atoms with Crippen LogP contribution in [0.25, 0.3) is 0 Å². The molecule has 0 bridgehead atoms. The number of hydrogen-bond acceptors (Lipinski definition) is 5. The quantitative estimate of drug-likeness (QED) is 0.517. The van der Waals surface area contributed by atoms with Gasteiger partial charge in [0.25, 0.3) is 0 Å². The molecule has 0 fully saturated rings. The number of ketones is 1. The molecule has 164 valence electrons. The Morgan fingerprint density at radius 2 is 1.90 bits per heavy atom. The average Bonchev–Trinajstić information content (AvgIpc) is 2.76. The average molecular weight is 492 g/mol. The van der Waals surface area contributed by atoms with Gasteiger partial charge in [-0.3, -0.25) is 9.59 Å². The van der Waals surface area contributed by atoms with Gasteiger partial charge in [-0.15, -0.1) is 0 Å². The van der Waals surface area contributed by atoms with Crippen molar-refractivity contribution in [3.05, 3.63) is 70.1 Å². The van der Waals surface area contributed by atoms with Gasteiger partial charge in [0.15, 0.2) is 17.3 Å². The second-order valence-electron chi connectivity index (χ2n) is 6.97.